The van der Waals surface area contributed by atoms with Crippen molar-refractivity contribution in [2.45, 2.75) is 32.0 Å². The van der Waals surface area contributed by atoms with Gasteiger partial charge in [-0.1, -0.05) is 18.2 Å². The molecule has 0 aromatic heterocycles. The van der Waals surface area contributed by atoms with Gasteiger partial charge in [-0.15, -0.1) is 0 Å². The van der Waals surface area contributed by atoms with Gasteiger partial charge in [-0.2, -0.15) is 0 Å². The summed E-state index contributed by atoms with van der Waals surface area (Å²) in [4.78, 5) is 37.7. The highest BCUT2D eigenvalue weighted by molar-refractivity contribution is 6.05. The highest BCUT2D eigenvalue weighted by Gasteiger charge is 2.40. The Morgan fingerprint density at radius 1 is 1.22 bits per heavy atom. The number of amides is 3. The van der Waals surface area contributed by atoms with Crippen LogP contribution in [0.15, 0.2) is 42.5 Å². The average molecular weight is 369 g/mol. The fourth-order valence-electron chi connectivity index (χ4n) is 3.31. The van der Waals surface area contributed by atoms with E-state index in [1.54, 1.807) is 30.3 Å². The van der Waals surface area contributed by atoms with Gasteiger partial charge < -0.3 is 9.64 Å². The minimum absolute atomic E-state index is 0.00169. The molecule has 0 bridgehead atoms. The highest BCUT2D eigenvalue weighted by atomic mass is 19.1. The zero-order valence-corrected chi connectivity index (χ0v) is 14.3. The summed E-state index contributed by atoms with van der Waals surface area (Å²) >= 11 is 0. The molecule has 0 aliphatic carbocycles. The number of benzene rings is 2. The van der Waals surface area contributed by atoms with E-state index in [1.807, 2.05) is 0 Å². The van der Waals surface area contributed by atoms with Crippen LogP contribution in [0.1, 0.15) is 35.7 Å². The summed E-state index contributed by atoms with van der Waals surface area (Å²) in [6.07, 6.45) is -0.0603. The largest absolute Gasteiger partial charge is 0.489 e. The Morgan fingerprint density at radius 2 is 2.04 bits per heavy atom. The van der Waals surface area contributed by atoms with Crippen molar-refractivity contribution in [3.05, 3.63) is 65.0 Å². The number of ether oxygens (including phenoxy) is 1. The Balaban J connectivity index is 1.58. The first-order valence-corrected chi connectivity index (χ1v) is 8.54. The first kappa shape index (κ1) is 16.0. The lowest BCUT2D eigenvalue weighted by atomic mass is 10.0. The van der Waals surface area contributed by atoms with Crippen LogP contribution in [0.25, 0.3) is 0 Å². The van der Waals surface area contributed by atoms with Gasteiger partial charge >= 0.3 is 0 Å². The quantitative estimate of drug-likeness (QED) is 0.838. The zero-order valence-electron chi connectivity index (χ0n) is 15.3. The van der Waals surface area contributed by atoms with Crippen LogP contribution in [0, 0.1) is 5.82 Å². The third kappa shape index (κ3) is 3.28. The fraction of sp³-hybridized carbons (Fsp3) is 0.250. The van der Waals surface area contributed by atoms with Gasteiger partial charge in [-0.25, -0.2) is 4.39 Å². The van der Waals surface area contributed by atoms with Gasteiger partial charge in [0.25, 0.3) is 5.91 Å². The Kier molecular flexibility index (Phi) is 4.04. The van der Waals surface area contributed by atoms with E-state index in [4.69, 9.17) is 6.11 Å². The molecular weight excluding hydrogens is 351 g/mol. The maximum Gasteiger partial charge on any atom is 0.255 e. The number of nitrogens with zero attached hydrogens (tertiary/aromatic N) is 1. The molecule has 6 nitrogen and oxygen atoms in total. The third-order valence-corrected chi connectivity index (χ3v) is 4.64. The van der Waals surface area contributed by atoms with E-state index in [2.05, 4.69) is 5.32 Å². The highest BCUT2D eigenvalue weighted by Crippen LogP contribution is 2.33. The molecule has 7 heteroatoms. The molecule has 138 valence electrons. The molecule has 1 fully saturated rings. The standard InChI is InChI=1S/C20H17FN2O4/c21-13-4-1-3-12(9-13)11-27-17-6-2-5-14-15(17)10-23(20(14)26)16-7-8-18(24)22-19(16)25/h1-6,9,16H,7-8,10-11H2,(H,22,24,25)/t16-/m1/s1/i16D. The fourth-order valence-corrected chi connectivity index (χ4v) is 3.31. The number of rotatable bonds is 4. The summed E-state index contributed by atoms with van der Waals surface area (Å²) in [5.74, 6) is -1.63. The number of carbonyl (C=O) groups excluding carboxylic acids is 3. The first-order chi connectivity index (χ1) is 13.4. The van der Waals surface area contributed by atoms with E-state index in [-0.39, 0.29) is 31.8 Å². The van der Waals surface area contributed by atoms with E-state index in [1.165, 1.54) is 12.1 Å². The molecule has 2 aromatic carbocycles. The number of nitrogens with one attached hydrogen (secondary N) is 1. The topological polar surface area (TPSA) is 75.7 Å². The van der Waals surface area contributed by atoms with Gasteiger partial charge in [0.05, 0.1) is 7.92 Å². The van der Waals surface area contributed by atoms with Crippen molar-refractivity contribution in [2.24, 2.45) is 0 Å². The minimum Gasteiger partial charge on any atom is -0.489 e. The van der Waals surface area contributed by atoms with Crippen molar-refractivity contribution in [3.8, 4) is 5.75 Å². The van der Waals surface area contributed by atoms with Gasteiger partial charge in [0.1, 0.15) is 24.2 Å². The average Bonchev–Trinajstić information content (AvgIpc) is 3.02. The van der Waals surface area contributed by atoms with Crippen LogP contribution in [0.3, 0.4) is 0 Å². The molecular formula is C20H17FN2O4. The zero-order chi connectivity index (χ0) is 19.9. The van der Waals surface area contributed by atoms with Crippen molar-refractivity contribution < 1.29 is 24.9 Å². The maximum absolute atomic E-state index is 13.3. The summed E-state index contributed by atoms with van der Waals surface area (Å²) in [5.41, 5.74) is 1.56. The predicted molar refractivity (Wildman–Crippen MR) is 93.2 cm³/mol. The number of carbonyl (C=O) groups is 3. The van der Waals surface area contributed by atoms with E-state index in [9.17, 15) is 18.8 Å². The van der Waals surface area contributed by atoms with Gasteiger partial charge in [0.15, 0.2) is 0 Å². The van der Waals surface area contributed by atoms with Crippen LogP contribution in [0.5, 0.6) is 5.75 Å². The van der Waals surface area contributed by atoms with E-state index < -0.39 is 23.7 Å². The minimum atomic E-state index is -1.84. The Labute approximate surface area is 156 Å². The molecule has 2 aromatic rings. The summed E-state index contributed by atoms with van der Waals surface area (Å²) in [6.45, 7) is 0.141. The molecule has 27 heavy (non-hydrogen) atoms. The van der Waals surface area contributed by atoms with Gasteiger partial charge in [0, 0.05) is 17.5 Å². The summed E-state index contributed by atoms with van der Waals surface area (Å²) < 4.78 is 27.6. The predicted octanol–water partition coefficient (Wildman–Crippen LogP) is 2.17. The molecule has 2 heterocycles. The molecule has 1 atom stereocenters. The van der Waals surface area contributed by atoms with Crippen LogP contribution in [-0.2, 0) is 22.7 Å². The van der Waals surface area contributed by atoms with E-state index in [0.717, 1.165) is 4.90 Å². The Hall–Kier alpha value is -3.22. The molecule has 4 rings (SSSR count). The van der Waals surface area contributed by atoms with Crippen molar-refractivity contribution in [1.82, 2.24) is 10.2 Å². The first-order valence-electron chi connectivity index (χ1n) is 9.04. The molecule has 0 spiro atoms. The van der Waals surface area contributed by atoms with Crippen molar-refractivity contribution in [2.75, 3.05) is 0 Å². The smallest absolute Gasteiger partial charge is 0.255 e. The molecule has 1 saturated heterocycles. The molecule has 2 aliphatic rings. The summed E-state index contributed by atoms with van der Waals surface area (Å²) in [5, 5.41) is 2.13. The number of fused-ring (bicyclic) bond motifs is 1. The molecule has 3 amide bonds. The van der Waals surface area contributed by atoms with Crippen LogP contribution in [-0.4, -0.2) is 28.6 Å². The molecule has 2 aliphatic heterocycles. The molecule has 0 saturated carbocycles. The monoisotopic (exact) mass is 369 g/mol. The molecule has 0 unspecified atom stereocenters. The van der Waals surface area contributed by atoms with E-state index in [0.29, 0.717) is 22.4 Å². The second-order valence-electron chi connectivity index (χ2n) is 6.42. The maximum atomic E-state index is 13.3. The lowest BCUT2D eigenvalue weighted by Crippen LogP contribution is -2.52. The summed E-state index contributed by atoms with van der Waals surface area (Å²) in [6, 6.07) is 9.13. The van der Waals surface area contributed by atoms with Crippen molar-refractivity contribution >= 4 is 17.7 Å². The second-order valence-corrected chi connectivity index (χ2v) is 6.42. The lowest BCUT2D eigenvalue weighted by Gasteiger charge is -2.29. The normalized spacial score (nSPS) is 22.3. The second kappa shape index (κ2) is 6.83. The Morgan fingerprint density at radius 3 is 2.81 bits per heavy atom. The SMILES string of the molecule is [2H][C@@]1(N2Cc3c(OCc4cccc(F)c4)cccc3C2=O)CCC(=O)NC1=O. The summed E-state index contributed by atoms with van der Waals surface area (Å²) in [7, 11) is 0. The van der Waals surface area contributed by atoms with Crippen molar-refractivity contribution in [3.63, 3.8) is 0 Å². The van der Waals surface area contributed by atoms with Gasteiger partial charge in [0.2, 0.25) is 11.8 Å². The number of halogens is 1. The van der Waals surface area contributed by atoms with E-state index >= 15 is 0 Å². The van der Waals surface area contributed by atoms with Crippen LogP contribution in [0.2, 0.25) is 0 Å². The van der Waals surface area contributed by atoms with Crippen LogP contribution < -0.4 is 10.1 Å². The third-order valence-electron chi connectivity index (χ3n) is 4.64. The van der Waals surface area contributed by atoms with Gasteiger partial charge in [-0.05, 0) is 36.2 Å². The van der Waals surface area contributed by atoms with Crippen LogP contribution >= 0.6 is 0 Å². The van der Waals surface area contributed by atoms with Crippen molar-refractivity contribution in [1.29, 1.82) is 0 Å². The van der Waals surface area contributed by atoms with Crippen LogP contribution in [0.4, 0.5) is 4.39 Å². The number of imide groups is 1. The number of hydrogen-bond acceptors (Lipinski definition) is 4. The molecule has 0 radical (unpaired) electrons. The Bertz CT molecular complexity index is 996. The number of piperidine rings is 1. The number of hydrogen-bond donors (Lipinski definition) is 1. The van der Waals surface area contributed by atoms with Gasteiger partial charge in [-0.3, -0.25) is 19.7 Å². The molecule has 1 N–H and O–H groups in total. The lowest BCUT2D eigenvalue weighted by molar-refractivity contribution is -0.136.